The Bertz CT molecular complexity index is 622. The third kappa shape index (κ3) is 2.37. The van der Waals surface area contributed by atoms with E-state index in [9.17, 15) is 19.5 Å². The number of carbonyl (C=O) groups is 3. The lowest BCUT2D eigenvalue weighted by molar-refractivity contribution is -0.126. The molecule has 1 fully saturated rings. The SMILES string of the molecule is CCC1(CC)CC(=O)N(c2c(Br)cccc2C(=O)O)C1=O. The highest BCUT2D eigenvalue weighted by atomic mass is 79.9. The number of carboxylic acid groups (broad SMARTS) is 1. The molecule has 1 saturated heterocycles. The number of hydrogen-bond donors (Lipinski definition) is 1. The van der Waals surface area contributed by atoms with Crippen molar-refractivity contribution in [2.45, 2.75) is 33.1 Å². The van der Waals surface area contributed by atoms with E-state index in [0.29, 0.717) is 17.3 Å². The van der Waals surface area contributed by atoms with E-state index in [0.717, 1.165) is 4.90 Å². The molecule has 0 radical (unpaired) electrons. The van der Waals surface area contributed by atoms with Crippen LogP contribution >= 0.6 is 15.9 Å². The van der Waals surface area contributed by atoms with Gasteiger partial charge in [0.2, 0.25) is 11.8 Å². The van der Waals surface area contributed by atoms with Gasteiger partial charge in [-0.15, -0.1) is 0 Å². The standard InChI is InChI=1S/C15H16BrNO4/c1-3-15(4-2)8-11(18)17(14(15)21)12-9(13(19)20)6-5-7-10(12)16/h5-7H,3-4,8H2,1-2H3,(H,19,20). The van der Waals surface area contributed by atoms with Gasteiger partial charge < -0.3 is 5.11 Å². The Balaban J connectivity index is 2.61. The van der Waals surface area contributed by atoms with E-state index < -0.39 is 11.4 Å². The van der Waals surface area contributed by atoms with Crippen molar-refractivity contribution in [3.63, 3.8) is 0 Å². The number of amides is 2. The van der Waals surface area contributed by atoms with Crippen LogP contribution in [0.3, 0.4) is 0 Å². The molecule has 1 heterocycles. The molecule has 0 aliphatic carbocycles. The van der Waals surface area contributed by atoms with Crippen LogP contribution in [0.4, 0.5) is 5.69 Å². The zero-order valence-electron chi connectivity index (χ0n) is 11.9. The number of rotatable bonds is 4. The van der Waals surface area contributed by atoms with Crippen LogP contribution in [0.2, 0.25) is 0 Å². The van der Waals surface area contributed by atoms with Crippen LogP contribution < -0.4 is 4.90 Å². The second kappa shape index (κ2) is 5.60. The maximum absolute atomic E-state index is 12.7. The number of carboxylic acids is 1. The summed E-state index contributed by atoms with van der Waals surface area (Å²) in [6.45, 7) is 3.74. The summed E-state index contributed by atoms with van der Waals surface area (Å²) in [7, 11) is 0. The van der Waals surface area contributed by atoms with E-state index in [1.807, 2.05) is 13.8 Å². The Morgan fingerprint density at radius 1 is 1.33 bits per heavy atom. The number of halogens is 1. The Labute approximate surface area is 131 Å². The van der Waals surface area contributed by atoms with E-state index in [2.05, 4.69) is 15.9 Å². The second-order valence-corrected chi connectivity index (χ2v) is 5.99. The minimum Gasteiger partial charge on any atom is -0.478 e. The Kier molecular flexibility index (Phi) is 4.18. The van der Waals surface area contributed by atoms with Crippen LogP contribution in [0.25, 0.3) is 0 Å². The van der Waals surface area contributed by atoms with Gasteiger partial charge in [0.15, 0.2) is 0 Å². The van der Waals surface area contributed by atoms with Gasteiger partial charge in [-0.25, -0.2) is 9.69 Å². The van der Waals surface area contributed by atoms with E-state index >= 15 is 0 Å². The van der Waals surface area contributed by atoms with Gasteiger partial charge in [0.25, 0.3) is 0 Å². The second-order valence-electron chi connectivity index (χ2n) is 5.14. The van der Waals surface area contributed by atoms with Crippen LogP contribution in [0, 0.1) is 5.41 Å². The summed E-state index contributed by atoms with van der Waals surface area (Å²) < 4.78 is 0.423. The first-order valence-corrected chi connectivity index (χ1v) is 7.56. The minimum atomic E-state index is -1.17. The van der Waals surface area contributed by atoms with Gasteiger partial charge in [-0.1, -0.05) is 19.9 Å². The normalized spacial score (nSPS) is 17.4. The molecule has 0 saturated carbocycles. The number of nitrogens with zero attached hydrogens (tertiary/aromatic N) is 1. The van der Waals surface area contributed by atoms with Crippen LogP contribution in [-0.2, 0) is 9.59 Å². The summed E-state index contributed by atoms with van der Waals surface area (Å²) in [6, 6.07) is 4.58. The molecule has 1 aromatic rings. The van der Waals surface area contributed by atoms with Crippen molar-refractivity contribution >= 4 is 39.4 Å². The highest BCUT2D eigenvalue weighted by Gasteiger charge is 2.50. The molecule has 1 aromatic carbocycles. The molecule has 5 nitrogen and oxygen atoms in total. The van der Waals surface area contributed by atoms with Gasteiger partial charge in [-0.2, -0.15) is 0 Å². The largest absolute Gasteiger partial charge is 0.478 e. The molecular formula is C15H16BrNO4. The van der Waals surface area contributed by atoms with Gasteiger partial charge in [0.1, 0.15) is 0 Å². The lowest BCUT2D eigenvalue weighted by Gasteiger charge is -2.24. The maximum atomic E-state index is 12.7. The average Bonchev–Trinajstić information content (AvgIpc) is 2.70. The Morgan fingerprint density at radius 2 is 1.95 bits per heavy atom. The van der Waals surface area contributed by atoms with Gasteiger partial charge in [0, 0.05) is 10.9 Å². The third-order valence-electron chi connectivity index (χ3n) is 4.19. The monoisotopic (exact) mass is 353 g/mol. The Morgan fingerprint density at radius 3 is 2.43 bits per heavy atom. The molecule has 21 heavy (non-hydrogen) atoms. The van der Waals surface area contributed by atoms with Gasteiger partial charge in [-0.05, 0) is 40.9 Å². The molecular weight excluding hydrogens is 338 g/mol. The summed E-state index contributed by atoms with van der Waals surface area (Å²) in [5, 5.41) is 9.30. The van der Waals surface area contributed by atoms with Crippen LogP contribution in [0.1, 0.15) is 43.5 Å². The predicted octanol–water partition coefficient (Wildman–Crippen LogP) is 3.22. The first-order chi connectivity index (χ1) is 9.88. The highest BCUT2D eigenvalue weighted by Crippen LogP contribution is 2.44. The van der Waals surface area contributed by atoms with Gasteiger partial charge >= 0.3 is 5.97 Å². The lowest BCUT2D eigenvalue weighted by Crippen LogP contribution is -2.36. The minimum absolute atomic E-state index is 0.0610. The number of benzene rings is 1. The molecule has 1 N–H and O–H groups in total. The van der Waals surface area contributed by atoms with Crippen molar-refractivity contribution in [2.24, 2.45) is 5.41 Å². The smallest absolute Gasteiger partial charge is 0.337 e. The first-order valence-electron chi connectivity index (χ1n) is 6.77. The maximum Gasteiger partial charge on any atom is 0.337 e. The number of imide groups is 1. The number of hydrogen-bond acceptors (Lipinski definition) is 3. The number of carbonyl (C=O) groups excluding carboxylic acids is 2. The van der Waals surface area contributed by atoms with E-state index in [4.69, 9.17) is 0 Å². The highest BCUT2D eigenvalue weighted by molar-refractivity contribution is 9.10. The molecule has 0 unspecified atom stereocenters. The molecule has 1 aliphatic rings. The van der Waals surface area contributed by atoms with Crippen molar-refractivity contribution in [3.8, 4) is 0 Å². The number of anilines is 1. The third-order valence-corrected chi connectivity index (χ3v) is 4.83. The molecule has 112 valence electrons. The fourth-order valence-electron chi connectivity index (χ4n) is 2.74. The number of para-hydroxylation sites is 1. The average molecular weight is 354 g/mol. The van der Waals surface area contributed by atoms with Crippen LogP contribution in [0.15, 0.2) is 22.7 Å². The summed E-state index contributed by atoms with van der Waals surface area (Å²) in [4.78, 5) is 37.5. The summed E-state index contributed by atoms with van der Waals surface area (Å²) >= 11 is 3.25. The molecule has 0 aromatic heterocycles. The van der Waals surface area contributed by atoms with Crippen LogP contribution in [0.5, 0.6) is 0 Å². The molecule has 1 aliphatic heterocycles. The fraction of sp³-hybridized carbons (Fsp3) is 0.400. The molecule has 0 atom stereocenters. The van der Waals surface area contributed by atoms with Gasteiger partial charge in [0.05, 0.1) is 16.7 Å². The van der Waals surface area contributed by atoms with E-state index in [-0.39, 0.29) is 29.5 Å². The van der Waals surface area contributed by atoms with Crippen molar-refractivity contribution < 1.29 is 19.5 Å². The topological polar surface area (TPSA) is 74.7 Å². The Hall–Kier alpha value is -1.69. The number of aromatic carboxylic acids is 1. The summed E-state index contributed by atoms with van der Waals surface area (Å²) in [6.07, 6.45) is 1.23. The van der Waals surface area contributed by atoms with Crippen molar-refractivity contribution in [3.05, 3.63) is 28.2 Å². The zero-order chi connectivity index (χ0) is 15.8. The molecule has 0 bridgehead atoms. The quantitative estimate of drug-likeness (QED) is 0.843. The summed E-state index contributed by atoms with van der Waals surface area (Å²) in [5.74, 6) is -1.83. The predicted molar refractivity (Wildman–Crippen MR) is 81.2 cm³/mol. The molecule has 0 spiro atoms. The zero-order valence-corrected chi connectivity index (χ0v) is 13.4. The molecule has 6 heteroatoms. The van der Waals surface area contributed by atoms with Crippen LogP contribution in [-0.4, -0.2) is 22.9 Å². The van der Waals surface area contributed by atoms with Crippen molar-refractivity contribution in [1.82, 2.24) is 0 Å². The lowest BCUT2D eigenvalue weighted by atomic mass is 9.81. The van der Waals surface area contributed by atoms with E-state index in [1.165, 1.54) is 6.07 Å². The van der Waals surface area contributed by atoms with Crippen molar-refractivity contribution in [2.75, 3.05) is 4.90 Å². The first kappa shape index (κ1) is 15.7. The van der Waals surface area contributed by atoms with Crippen molar-refractivity contribution in [1.29, 1.82) is 0 Å². The molecule has 2 rings (SSSR count). The fourth-order valence-corrected chi connectivity index (χ4v) is 3.28. The molecule has 2 amide bonds. The van der Waals surface area contributed by atoms with E-state index in [1.54, 1.807) is 12.1 Å². The van der Waals surface area contributed by atoms with Gasteiger partial charge in [-0.3, -0.25) is 9.59 Å². The summed E-state index contributed by atoms with van der Waals surface area (Å²) in [5.41, 5.74) is -0.653.